The number of piperidine rings is 1. The Morgan fingerprint density at radius 2 is 1.40 bits per heavy atom. The third-order valence-electron chi connectivity index (χ3n) is 7.90. The molecule has 0 bridgehead atoms. The highest BCUT2D eigenvalue weighted by molar-refractivity contribution is 5.98. The van der Waals surface area contributed by atoms with Gasteiger partial charge in [-0.3, -0.25) is 0 Å². The summed E-state index contributed by atoms with van der Waals surface area (Å²) in [6.07, 6.45) is 2.80. The predicted octanol–water partition coefficient (Wildman–Crippen LogP) is 2.68. The van der Waals surface area contributed by atoms with E-state index in [1.54, 1.807) is 44.2 Å². The predicted molar refractivity (Wildman–Crippen MR) is 177 cm³/mol. The fourth-order valence-electron chi connectivity index (χ4n) is 4.54. The molecule has 1 aliphatic heterocycles. The van der Waals surface area contributed by atoms with Crippen molar-refractivity contribution < 1.29 is 33.1 Å². The number of nitrogens with zero attached hydrogens (tertiary/aromatic N) is 3. The molecule has 0 spiro atoms. The minimum absolute atomic E-state index is 0.00556. The Morgan fingerprint density at radius 1 is 0.851 bits per heavy atom. The number of oxime groups is 2. The van der Waals surface area contributed by atoms with Gasteiger partial charge in [0.2, 0.25) is 0 Å². The molecular weight excluding hydrogens is 609 g/mol. The van der Waals surface area contributed by atoms with E-state index < -0.39 is 29.8 Å². The zero-order chi connectivity index (χ0) is 34.5. The van der Waals surface area contributed by atoms with E-state index in [1.165, 1.54) is 12.1 Å². The Hall–Kier alpha value is -4.27. The van der Waals surface area contributed by atoms with Crippen LogP contribution < -0.4 is 32.4 Å². The van der Waals surface area contributed by atoms with Crippen LogP contribution in [0.25, 0.3) is 0 Å². The smallest absolute Gasteiger partial charge is 0.351 e. The van der Waals surface area contributed by atoms with Crippen LogP contribution >= 0.6 is 0 Å². The number of rotatable bonds is 16. The number of halogens is 1. The van der Waals surface area contributed by atoms with Gasteiger partial charge in [-0.05, 0) is 86.5 Å². The monoisotopic (exact) mass is 657 g/mol. The molecule has 14 heteroatoms. The number of amidine groups is 2. The van der Waals surface area contributed by atoms with Crippen molar-refractivity contribution in [2.24, 2.45) is 51.0 Å². The van der Waals surface area contributed by atoms with Crippen molar-refractivity contribution in [3.8, 4) is 11.5 Å². The third-order valence-corrected chi connectivity index (χ3v) is 7.90. The minimum atomic E-state index is -0.854. The first-order valence-corrected chi connectivity index (χ1v) is 15.8. The Labute approximate surface area is 275 Å². The van der Waals surface area contributed by atoms with Crippen LogP contribution in [-0.4, -0.2) is 73.4 Å². The maximum absolute atomic E-state index is 14.6. The number of carbonyl (C=O) groups is 2. The number of likely N-dealkylation sites (tertiary alicyclic amines) is 1. The van der Waals surface area contributed by atoms with Gasteiger partial charge in [0.15, 0.2) is 11.7 Å². The first kappa shape index (κ1) is 37.2. The molecule has 0 radical (unpaired) electrons. The summed E-state index contributed by atoms with van der Waals surface area (Å²) in [5.74, 6) is -0.908. The molecule has 3 rings (SSSR count). The molecule has 0 amide bonds. The van der Waals surface area contributed by atoms with E-state index in [4.69, 9.17) is 42.1 Å². The molecule has 2 aromatic carbocycles. The van der Waals surface area contributed by atoms with Crippen molar-refractivity contribution in [1.29, 1.82) is 0 Å². The maximum Gasteiger partial charge on any atom is 0.351 e. The van der Waals surface area contributed by atoms with Crippen LogP contribution in [0.5, 0.6) is 11.5 Å². The van der Waals surface area contributed by atoms with Crippen molar-refractivity contribution in [2.45, 2.75) is 59.0 Å². The summed E-state index contributed by atoms with van der Waals surface area (Å²) >= 11 is 0. The fourth-order valence-corrected chi connectivity index (χ4v) is 4.54. The van der Waals surface area contributed by atoms with E-state index in [9.17, 15) is 14.0 Å². The molecule has 1 heterocycles. The fraction of sp³-hybridized carbons (Fsp3) is 0.515. The number of carbonyl (C=O) groups excluding carboxylic acids is 2. The molecule has 8 N–H and O–H groups in total. The van der Waals surface area contributed by atoms with Crippen LogP contribution in [0.3, 0.4) is 0 Å². The molecule has 1 saturated heterocycles. The van der Waals surface area contributed by atoms with Gasteiger partial charge in [0.25, 0.3) is 0 Å². The van der Waals surface area contributed by atoms with Crippen LogP contribution in [0.2, 0.25) is 0 Å². The second-order valence-electron chi connectivity index (χ2n) is 12.3. The molecule has 2 atom stereocenters. The number of ether oxygens (including phenoxy) is 2. The molecule has 0 aliphatic carbocycles. The Morgan fingerprint density at radius 3 is 1.96 bits per heavy atom. The van der Waals surface area contributed by atoms with Crippen LogP contribution in [0, 0.1) is 23.6 Å². The SMILES string of the molecule is CC(C)[C@H](N)C(=O)ON=C(N)c1ccc(OCC2CCN(CCCOc3ccc(C(N)=NOC(=O)[C@@H](N)C(C)C)c(F)c3)CC2)cc1. The first-order chi connectivity index (χ1) is 22.3. The quantitative estimate of drug-likeness (QED) is 0.0679. The molecule has 0 unspecified atom stereocenters. The maximum atomic E-state index is 14.6. The largest absolute Gasteiger partial charge is 0.493 e. The van der Waals surface area contributed by atoms with E-state index in [0.29, 0.717) is 36.2 Å². The number of hydrogen-bond acceptors (Lipinski definition) is 11. The minimum Gasteiger partial charge on any atom is -0.493 e. The van der Waals surface area contributed by atoms with E-state index in [2.05, 4.69) is 15.2 Å². The normalized spacial score (nSPS) is 16.2. The van der Waals surface area contributed by atoms with E-state index >= 15 is 0 Å². The number of benzene rings is 2. The molecule has 1 aliphatic rings. The highest BCUT2D eigenvalue weighted by Crippen LogP contribution is 2.21. The van der Waals surface area contributed by atoms with Crippen molar-refractivity contribution >= 4 is 23.6 Å². The standard InChI is InChI=1S/C33H48FN7O6/c1-20(2)28(35)32(42)46-39-30(37)23-6-8-24(9-7-23)45-19-22-12-15-41(16-13-22)14-5-17-44-25-10-11-26(27(34)18-25)31(38)40-47-33(43)29(36)21(3)4/h6-11,18,20-22,28-29H,5,12-17,19,35-36H2,1-4H3,(H2,37,39)(H2,38,40)/t28-,29-/m0/s1. The van der Waals surface area contributed by atoms with Gasteiger partial charge in [-0.2, -0.15) is 0 Å². The lowest BCUT2D eigenvalue weighted by Crippen LogP contribution is -2.36. The van der Waals surface area contributed by atoms with Gasteiger partial charge in [0, 0.05) is 18.2 Å². The number of hydrogen-bond donors (Lipinski definition) is 4. The lowest BCUT2D eigenvalue weighted by molar-refractivity contribution is -0.147. The zero-order valence-corrected chi connectivity index (χ0v) is 27.6. The summed E-state index contributed by atoms with van der Waals surface area (Å²) in [6, 6.07) is 9.74. The molecule has 2 aromatic rings. The van der Waals surface area contributed by atoms with Gasteiger partial charge in [-0.25, -0.2) is 14.0 Å². The Kier molecular flexibility index (Phi) is 14.4. The van der Waals surface area contributed by atoms with Gasteiger partial charge >= 0.3 is 11.9 Å². The summed E-state index contributed by atoms with van der Waals surface area (Å²) < 4.78 is 26.3. The molecule has 0 saturated carbocycles. The van der Waals surface area contributed by atoms with Crippen LogP contribution in [0.15, 0.2) is 52.8 Å². The number of nitrogens with two attached hydrogens (primary N) is 4. The van der Waals surface area contributed by atoms with E-state index in [-0.39, 0.29) is 29.1 Å². The van der Waals surface area contributed by atoms with Crippen LogP contribution in [-0.2, 0) is 19.3 Å². The highest BCUT2D eigenvalue weighted by Gasteiger charge is 2.22. The zero-order valence-electron chi connectivity index (χ0n) is 27.6. The van der Waals surface area contributed by atoms with E-state index in [1.807, 2.05) is 13.8 Å². The van der Waals surface area contributed by atoms with Crippen LogP contribution in [0.1, 0.15) is 58.1 Å². The second-order valence-corrected chi connectivity index (χ2v) is 12.3. The van der Waals surface area contributed by atoms with Crippen molar-refractivity contribution in [3.05, 3.63) is 59.4 Å². The Bertz CT molecular complexity index is 1380. The molecule has 1 fully saturated rings. The van der Waals surface area contributed by atoms with Gasteiger partial charge in [-0.15, -0.1) is 0 Å². The van der Waals surface area contributed by atoms with Crippen molar-refractivity contribution in [3.63, 3.8) is 0 Å². The summed E-state index contributed by atoms with van der Waals surface area (Å²) in [6.45, 7) is 11.0. The summed E-state index contributed by atoms with van der Waals surface area (Å²) in [4.78, 5) is 35.7. The van der Waals surface area contributed by atoms with Crippen molar-refractivity contribution in [1.82, 2.24) is 4.90 Å². The molecule has 0 aromatic heterocycles. The summed E-state index contributed by atoms with van der Waals surface area (Å²) in [5.41, 5.74) is 23.8. The highest BCUT2D eigenvalue weighted by atomic mass is 19.1. The topological polar surface area (TPSA) is 203 Å². The Balaban J connectivity index is 1.33. The molecule has 47 heavy (non-hydrogen) atoms. The second kappa shape index (κ2) is 18.2. The average Bonchev–Trinajstić information content (AvgIpc) is 3.06. The van der Waals surface area contributed by atoms with Gasteiger partial charge < -0.3 is 47.0 Å². The third kappa shape index (κ3) is 11.8. The summed E-state index contributed by atoms with van der Waals surface area (Å²) in [5, 5.41) is 7.22. The lowest BCUT2D eigenvalue weighted by atomic mass is 9.98. The van der Waals surface area contributed by atoms with Crippen LogP contribution in [0.4, 0.5) is 4.39 Å². The van der Waals surface area contributed by atoms with Gasteiger partial charge in [-0.1, -0.05) is 38.0 Å². The first-order valence-electron chi connectivity index (χ1n) is 15.8. The van der Waals surface area contributed by atoms with E-state index in [0.717, 1.165) is 38.9 Å². The summed E-state index contributed by atoms with van der Waals surface area (Å²) in [7, 11) is 0. The average molecular weight is 658 g/mol. The molecule has 13 nitrogen and oxygen atoms in total. The molecule has 258 valence electrons. The van der Waals surface area contributed by atoms with Gasteiger partial charge in [0.05, 0.1) is 18.8 Å². The lowest BCUT2D eigenvalue weighted by Gasteiger charge is -2.31. The van der Waals surface area contributed by atoms with Gasteiger partial charge in [0.1, 0.15) is 29.4 Å². The molecular formula is C33H48FN7O6. The van der Waals surface area contributed by atoms with Crippen molar-refractivity contribution in [2.75, 3.05) is 32.8 Å².